The molecule has 0 aliphatic rings. The molecule has 1 atom stereocenters. The van der Waals surface area contributed by atoms with Gasteiger partial charge in [-0.3, -0.25) is 9.05 Å². The van der Waals surface area contributed by atoms with E-state index in [1.165, 1.54) is 0 Å². The monoisotopic (exact) mass is 450 g/mol. The van der Waals surface area contributed by atoms with E-state index < -0.39 is 34.0 Å². The van der Waals surface area contributed by atoms with Crippen LogP contribution in [0.25, 0.3) is 0 Å². The lowest BCUT2D eigenvalue weighted by Gasteiger charge is -2.31. The van der Waals surface area contributed by atoms with Crippen LogP contribution in [0, 0.1) is 0 Å². The standard InChI is InChI=1S/C16H36O10P2/c1-6-7-8-9-15(2,3)23-11-10-16(4,5)24-12-14(26-28(20,21)22)13-25-27(17,18)19/h14H,6-13H2,1-5H3,(H2,17,18,19)(H2,20,21,22). The second-order valence-electron chi connectivity index (χ2n) is 7.89. The highest BCUT2D eigenvalue weighted by Crippen LogP contribution is 2.40. The summed E-state index contributed by atoms with van der Waals surface area (Å²) in [5.41, 5.74) is -0.966. The predicted octanol–water partition coefficient (Wildman–Crippen LogP) is 3.13. The van der Waals surface area contributed by atoms with Gasteiger partial charge in [0.15, 0.2) is 0 Å². The van der Waals surface area contributed by atoms with Gasteiger partial charge in [-0.25, -0.2) is 9.13 Å². The van der Waals surface area contributed by atoms with Crippen LogP contribution in [-0.4, -0.2) is 56.7 Å². The van der Waals surface area contributed by atoms with Crippen molar-refractivity contribution in [2.24, 2.45) is 0 Å². The molecule has 0 saturated heterocycles. The molecule has 0 aliphatic heterocycles. The molecule has 4 N–H and O–H groups in total. The first kappa shape index (κ1) is 28.1. The van der Waals surface area contributed by atoms with Crippen molar-refractivity contribution in [1.29, 1.82) is 0 Å². The smallest absolute Gasteiger partial charge is 0.375 e. The summed E-state index contributed by atoms with van der Waals surface area (Å²) in [6, 6.07) is 0. The summed E-state index contributed by atoms with van der Waals surface area (Å²) in [5, 5.41) is 0. The lowest BCUT2D eigenvalue weighted by Crippen LogP contribution is -2.34. The summed E-state index contributed by atoms with van der Waals surface area (Å²) in [6.07, 6.45) is 3.48. The Morgan fingerprint density at radius 1 is 0.821 bits per heavy atom. The van der Waals surface area contributed by atoms with E-state index in [9.17, 15) is 9.13 Å². The second-order valence-corrected chi connectivity index (χ2v) is 10.3. The van der Waals surface area contributed by atoms with Crippen molar-refractivity contribution < 1.29 is 47.2 Å². The molecule has 0 aromatic heterocycles. The van der Waals surface area contributed by atoms with Crippen LogP contribution >= 0.6 is 15.6 Å². The maximum Gasteiger partial charge on any atom is 0.470 e. The van der Waals surface area contributed by atoms with Crippen LogP contribution in [-0.2, 0) is 27.7 Å². The van der Waals surface area contributed by atoms with E-state index in [0.29, 0.717) is 13.0 Å². The second kappa shape index (κ2) is 12.1. The van der Waals surface area contributed by atoms with Gasteiger partial charge in [-0.15, -0.1) is 0 Å². The van der Waals surface area contributed by atoms with Crippen molar-refractivity contribution in [2.45, 2.75) is 84.0 Å². The van der Waals surface area contributed by atoms with Crippen molar-refractivity contribution in [2.75, 3.05) is 19.8 Å². The number of hydrogen-bond donors (Lipinski definition) is 4. The number of ether oxygens (including phenoxy) is 2. The third-order valence-corrected chi connectivity index (χ3v) is 5.01. The predicted molar refractivity (Wildman–Crippen MR) is 104 cm³/mol. The molecule has 170 valence electrons. The molecule has 10 nitrogen and oxygen atoms in total. The quantitative estimate of drug-likeness (QED) is 0.204. The van der Waals surface area contributed by atoms with Crippen LogP contribution in [0.4, 0.5) is 0 Å². The van der Waals surface area contributed by atoms with Crippen LogP contribution in [0.3, 0.4) is 0 Å². The summed E-state index contributed by atoms with van der Waals surface area (Å²) in [4.78, 5) is 35.3. The SMILES string of the molecule is CCCCCC(C)(C)OCCC(C)(C)OCC(COP(=O)(O)O)OP(=O)(O)O. The zero-order valence-electron chi connectivity index (χ0n) is 17.4. The third kappa shape index (κ3) is 17.0. The highest BCUT2D eigenvalue weighted by molar-refractivity contribution is 7.46. The first-order chi connectivity index (χ1) is 12.6. The first-order valence-corrected chi connectivity index (χ1v) is 12.3. The highest BCUT2D eigenvalue weighted by atomic mass is 31.2. The van der Waals surface area contributed by atoms with E-state index in [2.05, 4.69) is 16.0 Å². The average Bonchev–Trinajstić information content (AvgIpc) is 2.48. The Balaban J connectivity index is 4.52. The molecular formula is C16H36O10P2. The summed E-state index contributed by atoms with van der Waals surface area (Å²) >= 11 is 0. The van der Waals surface area contributed by atoms with Gasteiger partial charge < -0.3 is 29.0 Å². The fourth-order valence-corrected chi connectivity index (χ4v) is 3.19. The number of phosphoric ester groups is 2. The Morgan fingerprint density at radius 2 is 1.39 bits per heavy atom. The lowest BCUT2D eigenvalue weighted by atomic mass is 10.00. The largest absolute Gasteiger partial charge is 0.470 e. The van der Waals surface area contributed by atoms with Crippen molar-refractivity contribution >= 4 is 15.6 Å². The molecule has 0 saturated carbocycles. The number of rotatable bonds is 16. The molecule has 12 heteroatoms. The van der Waals surface area contributed by atoms with E-state index in [1.807, 2.05) is 13.8 Å². The molecule has 0 fully saturated rings. The number of unbranched alkanes of at least 4 members (excludes halogenated alkanes) is 2. The minimum atomic E-state index is -4.88. The highest BCUT2D eigenvalue weighted by Gasteiger charge is 2.29. The molecule has 0 bridgehead atoms. The Labute approximate surface area is 167 Å². The molecule has 0 spiro atoms. The van der Waals surface area contributed by atoms with E-state index in [1.54, 1.807) is 13.8 Å². The fraction of sp³-hybridized carbons (Fsp3) is 1.00. The molecule has 0 rings (SSSR count). The van der Waals surface area contributed by atoms with Crippen LogP contribution in [0.15, 0.2) is 0 Å². The topological polar surface area (TPSA) is 152 Å². The Hall–Kier alpha value is 0.140. The van der Waals surface area contributed by atoms with Gasteiger partial charge in [-0.1, -0.05) is 26.2 Å². The van der Waals surface area contributed by atoms with Gasteiger partial charge in [0.2, 0.25) is 0 Å². The van der Waals surface area contributed by atoms with E-state index >= 15 is 0 Å². The molecule has 0 aliphatic carbocycles. The summed E-state index contributed by atoms with van der Waals surface area (Å²) < 4.78 is 42.1. The molecule has 0 aromatic rings. The Morgan fingerprint density at radius 3 is 1.89 bits per heavy atom. The van der Waals surface area contributed by atoms with Gasteiger partial charge >= 0.3 is 15.6 Å². The fourth-order valence-electron chi connectivity index (χ4n) is 2.32. The van der Waals surface area contributed by atoms with Crippen molar-refractivity contribution in [3.8, 4) is 0 Å². The van der Waals surface area contributed by atoms with E-state index in [0.717, 1.165) is 25.7 Å². The van der Waals surface area contributed by atoms with Gasteiger partial charge in [-0.2, -0.15) is 0 Å². The van der Waals surface area contributed by atoms with Gasteiger partial charge in [0.05, 0.1) is 31.0 Å². The van der Waals surface area contributed by atoms with Crippen molar-refractivity contribution in [3.63, 3.8) is 0 Å². The maximum atomic E-state index is 11.0. The minimum Gasteiger partial charge on any atom is -0.375 e. The van der Waals surface area contributed by atoms with Gasteiger partial charge in [0.1, 0.15) is 6.10 Å². The average molecular weight is 450 g/mol. The summed E-state index contributed by atoms with van der Waals surface area (Å²) in [7, 11) is -9.69. The molecule has 28 heavy (non-hydrogen) atoms. The van der Waals surface area contributed by atoms with E-state index in [-0.39, 0.29) is 12.2 Å². The Bertz CT molecular complexity index is 526. The first-order valence-electron chi connectivity index (χ1n) is 9.27. The van der Waals surface area contributed by atoms with Crippen LogP contribution in [0.5, 0.6) is 0 Å². The van der Waals surface area contributed by atoms with Crippen LogP contribution in [0.1, 0.15) is 66.7 Å². The molecular weight excluding hydrogens is 414 g/mol. The van der Waals surface area contributed by atoms with Gasteiger partial charge in [0, 0.05) is 0 Å². The van der Waals surface area contributed by atoms with Crippen LogP contribution in [0.2, 0.25) is 0 Å². The normalized spacial score (nSPS) is 15.0. The summed E-state index contributed by atoms with van der Waals surface area (Å²) in [6.45, 7) is 9.12. The van der Waals surface area contributed by atoms with Crippen LogP contribution < -0.4 is 0 Å². The zero-order chi connectivity index (χ0) is 22.1. The molecule has 0 aromatic carbocycles. The van der Waals surface area contributed by atoms with Gasteiger partial charge in [-0.05, 0) is 40.5 Å². The minimum absolute atomic E-state index is 0.255. The molecule has 0 amide bonds. The maximum absolute atomic E-state index is 11.0. The van der Waals surface area contributed by atoms with Gasteiger partial charge in [0.25, 0.3) is 0 Å². The summed E-state index contributed by atoms with van der Waals surface area (Å²) in [5.74, 6) is 0. The molecule has 1 unspecified atom stereocenters. The molecule has 0 radical (unpaired) electrons. The lowest BCUT2D eigenvalue weighted by molar-refractivity contribution is -0.0964. The zero-order valence-corrected chi connectivity index (χ0v) is 19.2. The number of phosphoric acid groups is 2. The van der Waals surface area contributed by atoms with Crippen molar-refractivity contribution in [1.82, 2.24) is 0 Å². The molecule has 0 heterocycles. The third-order valence-electron chi connectivity index (χ3n) is 3.95. The number of hydrogen-bond acceptors (Lipinski definition) is 6. The van der Waals surface area contributed by atoms with E-state index in [4.69, 9.17) is 29.0 Å². The van der Waals surface area contributed by atoms with Crippen molar-refractivity contribution in [3.05, 3.63) is 0 Å². The Kier molecular flexibility index (Phi) is 12.2.